The number of ether oxygens (including phenoxy) is 2. The van der Waals surface area contributed by atoms with Gasteiger partial charge in [0.15, 0.2) is 0 Å². The van der Waals surface area contributed by atoms with Gasteiger partial charge in [0.25, 0.3) is 5.09 Å². The topological polar surface area (TPSA) is 94.4 Å². The molecule has 0 aliphatic carbocycles. The van der Waals surface area contributed by atoms with Crippen molar-refractivity contribution in [1.82, 2.24) is 9.80 Å². The van der Waals surface area contributed by atoms with Gasteiger partial charge in [-0.15, -0.1) is 22.5 Å². The molecule has 0 amide bonds. The van der Waals surface area contributed by atoms with Gasteiger partial charge < -0.3 is 24.1 Å². The number of esters is 1. The molecule has 1 heterocycles. The van der Waals surface area contributed by atoms with E-state index in [1.807, 2.05) is 43.3 Å². The van der Waals surface area contributed by atoms with E-state index in [2.05, 4.69) is 14.6 Å². The molecule has 0 N–H and O–H groups in total. The molecule has 0 radical (unpaired) electrons. The summed E-state index contributed by atoms with van der Waals surface area (Å²) in [5, 5.41) is 11.6. The quantitative estimate of drug-likeness (QED) is 0.191. The van der Waals surface area contributed by atoms with Crippen LogP contribution < -0.4 is 4.74 Å². The SMILES string of the molecule is COc1ccc2cc(C(C)C(=O)OCCCN3CCN(CCCO[N+](=O)[O-])CC3)ccc2c1.Cl. The lowest BCUT2D eigenvalue weighted by atomic mass is 9.98. The first-order chi connectivity index (χ1) is 16.0. The Kier molecular flexibility index (Phi) is 11.3. The molecule has 34 heavy (non-hydrogen) atoms. The zero-order valence-electron chi connectivity index (χ0n) is 19.8. The number of carbonyl (C=O) groups excluding carboxylic acids is 1. The predicted molar refractivity (Wildman–Crippen MR) is 132 cm³/mol. The number of fused-ring (bicyclic) bond motifs is 1. The fraction of sp³-hybridized carbons (Fsp3) is 0.542. The molecule has 2 aromatic carbocycles. The summed E-state index contributed by atoms with van der Waals surface area (Å²) in [6.45, 7) is 7.88. The maximum Gasteiger partial charge on any atom is 0.313 e. The summed E-state index contributed by atoms with van der Waals surface area (Å²) < 4.78 is 10.8. The third kappa shape index (κ3) is 8.30. The van der Waals surface area contributed by atoms with E-state index in [9.17, 15) is 14.9 Å². The largest absolute Gasteiger partial charge is 0.497 e. The zero-order chi connectivity index (χ0) is 23.6. The predicted octanol–water partition coefficient (Wildman–Crippen LogP) is 3.52. The first-order valence-electron chi connectivity index (χ1n) is 11.4. The summed E-state index contributed by atoms with van der Waals surface area (Å²) in [7, 11) is 1.65. The molecule has 9 nitrogen and oxygen atoms in total. The number of hydrogen-bond donors (Lipinski definition) is 0. The molecule has 0 spiro atoms. The number of carbonyl (C=O) groups is 1. The van der Waals surface area contributed by atoms with Crippen molar-refractivity contribution in [2.24, 2.45) is 0 Å². The van der Waals surface area contributed by atoms with Gasteiger partial charge in [0.1, 0.15) is 5.75 Å². The van der Waals surface area contributed by atoms with Gasteiger partial charge in [0.05, 0.1) is 26.2 Å². The van der Waals surface area contributed by atoms with E-state index in [0.717, 1.165) is 67.8 Å². The summed E-state index contributed by atoms with van der Waals surface area (Å²) in [6, 6.07) is 11.9. The van der Waals surface area contributed by atoms with Crippen LogP contribution in [-0.2, 0) is 14.4 Å². The Hall–Kier alpha value is -2.62. The molecule has 0 aromatic heterocycles. The third-order valence-electron chi connectivity index (χ3n) is 6.07. The Morgan fingerprint density at radius 3 is 2.21 bits per heavy atom. The Morgan fingerprint density at radius 2 is 1.59 bits per heavy atom. The highest BCUT2D eigenvalue weighted by Crippen LogP contribution is 2.25. The Morgan fingerprint density at radius 1 is 1.00 bits per heavy atom. The Bertz CT molecular complexity index is 936. The van der Waals surface area contributed by atoms with Crippen molar-refractivity contribution in [3.8, 4) is 5.75 Å². The first-order valence-corrected chi connectivity index (χ1v) is 11.4. The van der Waals surface area contributed by atoms with E-state index in [4.69, 9.17) is 9.47 Å². The van der Waals surface area contributed by atoms with Crippen molar-refractivity contribution >= 4 is 29.1 Å². The second-order valence-corrected chi connectivity index (χ2v) is 8.31. The molecular weight excluding hydrogens is 462 g/mol. The van der Waals surface area contributed by atoms with Crippen LogP contribution >= 0.6 is 12.4 Å². The summed E-state index contributed by atoms with van der Waals surface area (Å²) in [6.07, 6.45) is 1.45. The first kappa shape index (κ1) is 27.6. The average Bonchev–Trinajstić information content (AvgIpc) is 2.83. The van der Waals surface area contributed by atoms with E-state index in [-0.39, 0.29) is 30.9 Å². The molecule has 1 saturated heterocycles. The number of benzene rings is 2. The fourth-order valence-electron chi connectivity index (χ4n) is 4.02. The van der Waals surface area contributed by atoms with Gasteiger partial charge in [0.2, 0.25) is 0 Å². The minimum Gasteiger partial charge on any atom is -0.497 e. The van der Waals surface area contributed by atoms with Crippen molar-refractivity contribution in [3.05, 3.63) is 52.1 Å². The highest BCUT2D eigenvalue weighted by Gasteiger charge is 2.19. The van der Waals surface area contributed by atoms with E-state index in [1.54, 1.807) is 7.11 Å². The number of methoxy groups -OCH3 is 1. The molecule has 1 fully saturated rings. The minimum atomic E-state index is -0.745. The van der Waals surface area contributed by atoms with Crippen LogP contribution in [0, 0.1) is 10.1 Å². The van der Waals surface area contributed by atoms with E-state index in [0.29, 0.717) is 13.0 Å². The van der Waals surface area contributed by atoms with Crippen molar-refractivity contribution in [1.29, 1.82) is 0 Å². The van der Waals surface area contributed by atoms with Crippen molar-refractivity contribution < 1.29 is 24.2 Å². The van der Waals surface area contributed by atoms with E-state index in [1.165, 1.54) is 0 Å². The highest BCUT2D eigenvalue weighted by atomic mass is 35.5. The van der Waals surface area contributed by atoms with Crippen LogP contribution in [0.1, 0.15) is 31.2 Å². The van der Waals surface area contributed by atoms with Gasteiger partial charge >= 0.3 is 5.97 Å². The van der Waals surface area contributed by atoms with Crippen molar-refractivity contribution in [2.75, 3.05) is 59.6 Å². The van der Waals surface area contributed by atoms with Crippen LogP contribution in [0.25, 0.3) is 10.8 Å². The maximum atomic E-state index is 12.5. The Labute approximate surface area is 206 Å². The smallest absolute Gasteiger partial charge is 0.313 e. The number of nitrogens with zero attached hydrogens (tertiary/aromatic N) is 3. The van der Waals surface area contributed by atoms with Crippen LogP contribution in [0.15, 0.2) is 36.4 Å². The van der Waals surface area contributed by atoms with Gasteiger partial charge in [0, 0.05) is 39.3 Å². The second-order valence-electron chi connectivity index (χ2n) is 8.31. The van der Waals surface area contributed by atoms with Crippen molar-refractivity contribution in [2.45, 2.75) is 25.7 Å². The van der Waals surface area contributed by atoms with Crippen LogP contribution in [0.4, 0.5) is 0 Å². The molecule has 10 heteroatoms. The molecule has 1 unspecified atom stereocenters. The monoisotopic (exact) mass is 495 g/mol. The molecular formula is C24H34ClN3O6. The molecule has 2 aromatic rings. The van der Waals surface area contributed by atoms with Crippen LogP contribution in [0.5, 0.6) is 5.75 Å². The van der Waals surface area contributed by atoms with Gasteiger partial charge in [-0.1, -0.05) is 24.3 Å². The summed E-state index contributed by atoms with van der Waals surface area (Å²) >= 11 is 0. The minimum absolute atomic E-state index is 0. The molecule has 0 saturated carbocycles. The van der Waals surface area contributed by atoms with Crippen LogP contribution in [0.2, 0.25) is 0 Å². The normalized spacial score (nSPS) is 15.4. The number of hydrogen-bond acceptors (Lipinski definition) is 8. The zero-order valence-corrected chi connectivity index (χ0v) is 20.6. The third-order valence-corrected chi connectivity index (χ3v) is 6.07. The summed E-state index contributed by atoms with van der Waals surface area (Å²) in [5.41, 5.74) is 0.942. The van der Waals surface area contributed by atoms with Crippen LogP contribution in [0.3, 0.4) is 0 Å². The van der Waals surface area contributed by atoms with Gasteiger partial charge in [-0.25, -0.2) is 0 Å². The maximum absolute atomic E-state index is 12.5. The molecule has 3 rings (SSSR count). The average molecular weight is 496 g/mol. The number of rotatable bonds is 12. The molecule has 1 atom stereocenters. The lowest BCUT2D eigenvalue weighted by Crippen LogP contribution is -2.47. The summed E-state index contributed by atoms with van der Waals surface area (Å²) in [5.74, 6) is 0.287. The molecule has 1 aliphatic heterocycles. The number of halogens is 1. The van der Waals surface area contributed by atoms with Crippen molar-refractivity contribution in [3.63, 3.8) is 0 Å². The van der Waals surface area contributed by atoms with Gasteiger partial charge in [-0.2, -0.15) is 0 Å². The molecule has 188 valence electrons. The highest BCUT2D eigenvalue weighted by molar-refractivity contribution is 5.86. The molecule has 1 aliphatic rings. The second kappa shape index (κ2) is 13.9. The van der Waals surface area contributed by atoms with Gasteiger partial charge in [-0.3, -0.25) is 4.79 Å². The van der Waals surface area contributed by atoms with E-state index >= 15 is 0 Å². The lowest BCUT2D eigenvalue weighted by Gasteiger charge is -2.34. The molecule has 0 bridgehead atoms. The summed E-state index contributed by atoms with van der Waals surface area (Å²) in [4.78, 5) is 31.7. The number of piperazine rings is 1. The van der Waals surface area contributed by atoms with E-state index < -0.39 is 5.09 Å². The Balaban J connectivity index is 0.00000408. The van der Waals surface area contributed by atoms with Gasteiger partial charge in [-0.05, 0) is 48.2 Å². The standard InChI is InChI=1S/C24H33N3O6.ClH/c1-19(20-5-6-22-18-23(31-2)8-7-21(22)17-20)24(28)32-15-3-9-25-11-13-26(14-12-25)10-4-16-33-27(29)30;/h5-8,17-19H,3-4,9-16H2,1-2H3;1H. The van der Waals surface area contributed by atoms with Crippen LogP contribution in [-0.4, -0.2) is 80.4 Å². The lowest BCUT2D eigenvalue weighted by molar-refractivity contribution is -0.757. The fourth-order valence-corrected chi connectivity index (χ4v) is 4.02.